The van der Waals surface area contributed by atoms with Gasteiger partial charge in [-0.3, -0.25) is 18.7 Å². The third-order valence-corrected chi connectivity index (χ3v) is 4.90. The fourth-order valence-corrected chi connectivity index (χ4v) is 3.24. The van der Waals surface area contributed by atoms with Crippen LogP contribution in [0.2, 0.25) is 0 Å². The van der Waals surface area contributed by atoms with Crippen molar-refractivity contribution in [3.05, 3.63) is 56.9 Å². The number of hydrogen-bond acceptors (Lipinski definition) is 9. The van der Waals surface area contributed by atoms with E-state index in [4.69, 9.17) is 14.2 Å². The fourth-order valence-electron chi connectivity index (χ4n) is 3.24. The standard InChI is InChI=1S/C19H22N2O9/c1-28-10-3-4-13(29-2)11(7-10)12(23)8-21-15(24)5-6-20(19(21)27)18-17(26)16(25)14(9-22)30-18/h3-7,14,16-18,22,25-26H,8-9H2,1-2H3/t14-,16-,17+,18-/m1/s1. The summed E-state index contributed by atoms with van der Waals surface area (Å²) in [4.78, 5) is 37.9. The number of ether oxygens (including phenoxy) is 3. The van der Waals surface area contributed by atoms with Gasteiger partial charge in [-0.05, 0) is 18.2 Å². The molecule has 1 fully saturated rings. The molecule has 0 spiro atoms. The van der Waals surface area contributed by atoms with Crippen molar-refractivity contribution in [2.45, 2.75) is 31.1 Å². The molecule has 3 N–H and O–H groups in total. The number of nitrogens with zero attached hydrogens (tertiary/aromatic N) is 2. The van der Waals surface area contributed by atoms with Gasteiger partial charge in [-0.25, -0.2) is 4.79 Å². The predicted octanol–water partition coefficient (Wildman–Crippen LogP) is -1.48. The largest absolute Gasteiger partial charge is 0.497 e. The minimum Gasteiger partial charge on any atom is -0.497 e. The molecule has 3 rings (SSSR count). The molecule has 0 amide bonds. The van der Waals surface area contributed by atoms with E-state index in [1.807, 2.05) is 0 Å². The molecule has 0 radical (unpaired) electrons. The number of carbonyl (C=O) groups is 1. The van der Waals surface area contributed by atoms with E-state index < -0.39 is 54.7 Å². The first-order chi connectivity index (χ1) is 14.3. The van der Waals surface area contributed by atoms with Crippen molar-refractivity contribution in [3.63, 3.8) is 0 Å². The highest BCUT2D eigenvalue weighted by Gasteiger charge is 2.43. The number of ketones is 1. The quantitative estimate of drug-likeness (QED) is 0.454. The summed E-state index contributed by atoms with van der Waals surface area (Å²) in [6.45, 7) is -1.17. The van der Waals surface area contributed by atoms with Crippen LogP contribution in [0.15, 0.2) is 40.1 Å². The lowest BCUT2D eigenvalue weighted by molar-refractivity contribution is -0.0555. The molecule has 1 saturated heterocycles. The molecule has 4 atom stereocenters. The summed E-state index contributed by atoms with van der Waals surface area (Å²) in [7, 11) is 2.80. The first kappa shape index (κ1) is 21.7. The van der Waals surface area contributed by atoms with Gasteiger partial charge in [0.2, 0.25) is 0 Å². The van der Waals surface area contributed by atoms with E-state index in [1.54, 1.807) is 6.07 Å². The van der Waals surface area contributed by atoms with Gasteiger partial charge in [0.25, 0.3) is 5.56 Å². The van der Waals surface area contributed by atoms with Gasteiger partial charge in [0.15, 0.2) is 12.0 Å². The Morgan fingerprint density at radius 2 is 1.87 bits per heavy atom. The number of hydrogen-bond donors (Lipinski definition) is 3. The summed E-state index contributed by atoms with van der Waals surface area (Å²) in [6, 6.07) is 5.59. The summed E-state index contributed by atoms with van der Waals surface area (Å²) in [6.07, 6.45) is -4.27. The van der Waals surface area contributed by atoms with Crippen molar-refractivity contribution < 1.29 is 34.3 Å². The van der Waals surface area contributed by atoms with E-state index in [9.17, 15) is 29.7 Å². The van der Waals surface area contributed by atoms with Crippen molar-refractivity contribution in [1.82, 2.24) is 9.13 Å². The second kappa shape index (κ2) is 8.79. The summed E-state index contributed by atoms with van der Waals surface area (Å²) in [5, 5.41) is 29.3. The third kappa shape index (κ3) is 3.87. The normalized spacial score (nSPS) is 23.4. The molecular weight excluding hydrogens is 400 g/mol. The molecular formula is C19H22N2O9. The Hall–Kier alpha value is -2.99. The maximum absolute atomic E-state index is 12.9. The van der Waals surface area contributed by atoms with Crippen molar-refractivity contribution in [2.24, 2.45) is 0 Å². The van der Waals surface area contributed by atoms with Crippen LogP contribution in [0.3, 0.4) is 0 Å². The highest BCUT2D eigenvalue weighted by Crippen LogP contribution is 2.28. The van der Waals surface area contributed by atoms with Gasteiger partial charge < -0.3 is 29.5 Å². The molecule has 0 saturated carbocycles. The summed E-state index contributed by atoms with van der Waals surface area (Å²) >= 11 is 0. The Labute approximate surface area is 170 Å². The monoisotopic (exact) mass is 422 g/mol. The molecule has 1 aromatic carbocycles. The molecule has 0 unspecified atom stereocenters. The second-order valence-corrected chi connectivity index (χ2v) is 6.65. The van der Waals surface area contributed by atoms with E-state index >= 15 is 0 Å². The number of rotatable bonds is 7. The first-order valence-electron chi connectivity index (χ1n) is 9.02. The number of methoxy groups -OCH3 is 2. The van der Waals surface area contributed by atoms with Crippen LogP contribution >= 0.6 is 0 Å². The van der Waals surface area contributed by atoms with Gasteiger partial charge in [-0.15, -0.1) is 0 Å². The minimum atomic E-state index is -1.51. The zero-order valence-corrected chi connectivity index (χ0v) is 16.3. The number of carbonyl (C=O) groups excluding carboxylic acids is 1. The highest BCUT2D eigenvalue weighted by atomic mass is 16.6. The Balaban J connectivity index is 1.97. The number of Topliss-reactive ketones (excluding diaryl/α,β-unsaturated/α-hetero) is 1. The number of aliphatic hydroxyl groups is 3. The molecule has 2 heterocycles. The smallest absolute Gasteiger partial charge is 0.333 e. The molecule has 11 nitrogen and oxygen atoms in total. The second-order valence-electron chi connectivity index (χ2n) is 6.65. The van der Waals surface area contributed by atoms with Gasteiger partial charge in [-0.1, -0.05) is 0 Å². The zero-order chi connectivity index (χ0) is 22.0. The van der Waals surface area contributed by atoms with E-state index in [2.05, 4.69) is 0 Å². The fraction of sp³-hybridized carbons (Fsp3) is 0.421. The van der Waals surface area contributed by atoms with Crippen LogP contribution in [0.5, 0.6) is 11.5 Å². The van der Waals surface area contributed by atoms with Gasteiger partial charge in [0, 0.05) is 12.3 Å². The molecule has 0 aliphatic carbocycles. The topological polar surface area (TPSA) is 149 Å². The summed E-state index contributed by atoms with van der Waals surface area (Å²) in [5.41, 5.74) is -1.54. The highest BCUT2D eigenvalue weighted by molar-refractivity contribution is 5.98. The van der Waals surface area contributed by atoms with E-state index in [0.717, 1.165) is 16.8 Å². The number of benzene rings is 1. The first-order valence-corrected chi connectivity index (χ1v) is 9.02. The molecule has 1 aromatic heterocycles. The lowest BCUT2D eigenvalue weighted by atomic mass is 10.1. The SMILES string of the molecule is COc1ccc(OC)c(C(=O)Cn2c(=O)ccn([C@@H]3O[C@H](CO)[C@@H](O)[C@@H]3O)c2=O)c1. The molecule has 30 heavy (non-hydrogen) atoms. The maximum Gasteiger partial charge on any atom is 0.333 e. The lowest BCUT2D eigenvalue weighted by Gasteiger charge is -2.18. The average Bonchev–Trinajstić information content (AvgIpc) is 3.04. The van der Waals surface area contributed by atoms with E-state index in [0.29, 0.717) is 10.3 Å². The van der Waals surface area contributed by atoms with Crippen molar-refractivity contribution in [2.75, 3.05) is 20.8 Å². The van der Waals surface area contributed by atoms with E-state index in [-0.39, 0.29) is 11.3 Å². The molecule has 1 aliphatic heterocycles. The Morgan fingerprint density at radius 3 is 2.47 bits per heavy atom. The minimum absolute atomic E-state index is 0.117. The Kier molecular flexibility index (Phi) is 6.37. The van der Waals surface area contributed by atoms with Gasteiger partial charge in [-0.2, -0.15) is 0 Å². The molecule has 2 aromatic rings. The maximum atomic E-state index is 12.9. The van der Waals surface area contributed by atoms with Crippen LogP contribution in [0.4, 0.5) is 0 Å². The van der Waals surface area contributed by atoms with Crippen LogP contribution in [0.1, 0.15) is 16.6 Å². The van der Waals surface area contributed by atoms with Crippen LogP contribution < -0.4 is 20.7 Å². The number of aromatic nitrogens is 2. The van der Waals surface area contributed by atoms with Crippen molar-refractivity contribution in [3.8, 4) is 11.5 Å². The average molecular weight is 422 g/mol. The molecule has 162 valence electrons. The Morgan fingerprint density at radius 1 is 1.13 bits per heavy atom. The molecule has 11 heteroatoms. The van der Waals surface area contributed by atoms with Crippen LogP contribution in [0, 0.1) is 0 Å². The third-order valence-electron chi connectivity index (χ3n) is 4.90. The van der Waals surface area contributed by atoms with Crippen molar-refractivity contribution in [1.29, 1.82) is 0 Å². The van der Waals surface area contributed by atoms with Gasteiger partial charge >= 0.3 is 5.69 Å². The van der Waals surface area contributed by atoms with Gasteiger partial charge in [0.05, 0.1) is 32.9 Å². The summed E-state index contributed by atoms with van der Waals surface area (Å²) < 4.78 is 17.2. The van der Waals surface area contributed by atoms with Crippen LogP contribution in [-0.2, 0) is 11.3 Å². The lowest BCUT2D eigenvalue weighted by Crippen LogP contribution is -2.44. The Bertz CT molecular complexity index is 1050. The molecule has 1 aliphatic rings. The van der Waals surface area contributed by atoms with Crippen LogP contribution in [0.25, 0.3) is 0 Å². The zero-order valence-electron chi connectivity index (χ0n) is 16.3. The molecule has 0 bridgehead atoms. The van der Waals surface area contributed by atoms with Crippen LogP contribution in [-0.4, -0.2) is 69.4 Å². The summed E-state index contributed by atoms with van der Waals surface area (Å²) in [5.74, 6) is 0.0564. The number of aliphatic hydroxyl groups excluding tert-OH is 3. The van der Waals surface area contributed by atoms with Crippen molar-refractivity contribution >= 4 is 5.78 Å². The van der Waals surface area contributed by atoms with Gasteiger partial charge in [0.1, 0.15) is 29.8 Å². The van der Waals surface area contributed by atoms with E-state index in [1.165, 1.54) is 26.4 Å². The predicted molar refractivity (Wildman–Crippen MR) is 102 cm³/mol.